The molecule has 0 aliphatic rings. The van der Waals surface area contributed by atoms with Crippen LogP contribution in [0.1, 0.15) is 13.3 Å². The van der Waals surface area contributed by atoms with Gasteiger partial charge in [-0.1, -0.05) is 0 Å². The van der Waals surface area contributed by atoms with Crippen LogP contribution in [0.4, 0.5) is 0 Å². The van der Waals surface area contributed by atoms with E-state index in [9.17, 15) is 0 Å². The minimum atomic E-state index is 1.08. The number of hydrogen-bond acceptors (Lipinski definition) is 0. The van der Waals surface area contributed by atoms with Crippen LogP contribution in [0.3, 0.4) is 0 Å². The van der Waals surface area contributed by atoms with Crippen molar-refractivity contribution in [2.24, 2.45) is 0 Å². The predicted molar refractivity (Wildman–Crippen MR) is 16.4 cm³/mol. The van der Waals surface area contributed by atoms with Gasteiger partial charge in [0.2, 0.25) is 0 Å². The molecule has 0 atom stereocenters. The van der Waals surface area contributed by atoms with E-state index in [2.05, 4.69) is 22.5 Å². The van der Waals surface area contributed by atoms with Crippen molar-refractivity contribution in [3.8, 4) is 0 Å². The van der Waals surface area contributed by atoms with Gasteiger partial charge in [-0.2, -0.15) is 0 Å². The van der Waals surface area contributed by atoms with E-state index in [0.29, 0.717) is 0 Å². The van der Waals surface area contributed by atoms with Crippen LogP contribution in [-0.2, 0) is 15.6 Å². The van der Waals surface area contributed by atoms with Crippen molar-refractivity contribution in [2.45, 2.75) is 13.3 Å². The van der Waals surface area contributed by atoms with Gasteiger partial charge >= 0.3 is 33.8 Å². The second-order valence-corrected chi connectivity index (χ2v) is 1.00. The van der Waals surface area contributed by atoms with E-state index < -0.39 is 0 Å². The van der Waals surface area contributed by atoms with Crippen LogP contribution < -0.4 is 0 Å². The van der Waals surface area contributed by atoms with Crippen molar-refractivity contribution >= 4 is 4.92 Å². The van der Waals surface area contributed by atoms with E-state index in [1.54, 1.807) is 0 Å². The van der Waals surface area contributed by atoms with Gasteiger partial charge in [0, 0.05) is 0 Å². The Morgan fingerprint density at radius 3 is 2.25 bits per heavy atom. The first-order chi connectivity index (χ1) is 1.91. The molecule has 0 aromatic heterocycles. The first kappa shape index (κ1) is 4.39. The Labute approximate surface area is 34.6 Å². The second kappa shape index (κ2) is 3.39. The molecule has 0 bridgehead atoms. The second-order valence-electron chi connectivity index (χ2n) is 0.553. The van der Waals surface area contributed by atoms with Gasteiger partial charge in [-0.25, -0.2) is 0 Å². The monoisotopic (exact) mass is 98.0 g/mol. The van der Waals surface area contributed by atoms with Gasteiger partial charge in [0.05, 0.1) is 0 Å². The topological polar surface area (TPSA) is 0 Å². The van der Waals surface area contributed by atoms with Crippen LogP contribution >= 0.6 is 0 Å². The van der Waals surface area contributed by atoms with E-state index in [0.717, 1.165) is 6.42 Å². The first-order valence-corrected chi connectivity index (χ1v) is 1.96. The summed E-state index contributed by atoms with van der Waals surface area (Å²) < 4.78 is 0. The van der Waals surface area contributed by atoms with Crippen LogP contribution in [0.2, 0.25) is 0 Å². The zero-order chi connectivity index (χ0) is 3.41. The molecule has 0 rings (SSSR count). The molecule has 0 N–H and O–H groups in total. The van der Waals surface area contributed by atoms with Crippen molar-refractivity contribution in [1.82, 2.24) is 0 Å². The van der Waals surface area contributed by atoms with Crippen LogP contribution in [0, 0.1) is 0 Å². The number of rotatable bonds is 1. The van der Waals surface area contributed by atoms with Crippen LogP contribution in [0.5, 0.6) is 0 Å². The normalized spacial score (nSPS) is 6.50. The molecule has 0 aromatic rings. The Balaban J connectivity index is 2.30. The van der Waals surface area contributed by atoms with E-state index in [1.807, 2.05) is 4.92 Å². The summed E-state index contributed by atoms with van der Waals surface area (Å²) in [5, 5.41) is 0. The summed E-state index contributed by atoms with van der Waals surface area (Å²) in [7, 11) is 0. The third kappa shape index (κ3) is 2.39. The summed E-state index contributed by atoms with van der Waals surface area (Å²) >= 11 is 3.48. The van der Waals surface area contributed by atoms with Gasteiger partial charge in [-0.15, -0.1) is 0 Å². The molecule has 0 nitrogen and oxygen atoms in total. The quantitative estimate of drug-likeness (QED) is 0.424. The molecule has 1 heteroatoms. The Morgan fingerprint density at radius 1 is 2.00 bits per heavy atom. The molecule has 4 heavy (non-hydrogen) atoms. The molecule has 0 saturated heterocycles. The standard InChI is InChI=1S/C3H6.Fe/c1-3-2;/h1H,3H2,2H3;. The van der Waals surface area contributed by atoms with Gasteiger partial charge < -0.3 is 0 Å². The van der Waals surface area contributed by atoms with Gasteiger partial charge in [0.1, 0.15) is 0 Å². The molecule has 0 heterocycles. The molecular formula is C3H6Fe. The summed E-state index contributed by atoms with van der Waals surface area (Å²) in [5.41, 5.74) is 0. The fourth-order valence-corrected chi connectivity index (χ4v) is 0. The average molecular weight is 97.9 g/mol. The SMILES string of the molecule is CC[CH]=[Fe]. The molecule has 0 unspecified atom stereocenters. The summed E-state index contributed by atoms with van der Waals surface area (Å²) in [4.78, 5) is 1.88. The maximum absolute atomic E-state index is 3.48. The zero-order valence-electron chi connectivity index (χ0n) is 2.64. The zero-order valence-corrected chi connectivity index (χ0v) is 3.74. The summed E-state index contributed by atoms with van der Waals surface area (Å²) in [5.74, 6) is 0. The van der Waals surface area contributed by atoms with Crippen molar-refractivity contribution in [1.29, 1.82) is 0 Å². The van der Waals surface area contributed by atoms with Crippen molar-refractivity contribution < 1.29 is 15.6 Å². The molecule has 0 saturated carbocycles. The molecule has 0 radical (unpaired) electrons. The first-order valence-electron chi connectivity index (χ1n) is 1.32. The van der Waals surface area contributed by atoms with Crippen molar-refractivity contribution in [3.05, 3.63) is 0 Å². The minimum absolute atomic E-state index is 1.08. The van der Waals surface area contributed by atoms with Crippen molar-refractivity contribution in [3.63, 3.8) is 0 Å². The van der Waals surface area contributed by atoms with Crippen molar-refractivity contribution in [2.75, 3.05) is 0 Å². The van der Waals surface area contributed by atoms with Gasteiger partial charge in [-0.3, -0.25) is 0 Å². The molecule has 0 aliphatic carbocycles. The Hall–Kier alpha value is 0.389. The van der Waals surface area contributed by atoms with E-state index >= 15 is 0 Å². The van der Waals surface area contributed by atoms with Gasteiger partial charge in [-0.05, 0) is 0 Å². The van der Waals surface area contributed by atoms with E-state index in [-0.39, 0.29) is 0 Å². The third-order valence-corrected chi connectivity index (χ3v) is 0.595. The molecule has 0 amide bonds. The molecule has 26 valence electrons. The summed E-state index contributed by atoms with van der Waals surface area (Å²) in [6.45, 7) is 2.06. The van der Waals surface area contributed by atoms with E-state index in [1.165, 1.54) is 0 Å². The summed E-state index contributed by atoms with van der Waals surface area (Å²) in [6, 6.07) is 0. The molecule has 0 fully saturated rings. The molecule has 0 aliphatic heterocycles. The van der Waals surface area contributed by atoms with Crippen LogP contribution in [0.15, 0.2) is 0 Å². The Kier molecular flexibility index (Phi) is 3.72. The number of hydrogen-bond donors (Lipinski definition) is 0. The summed E-state index contributed by atoms with van der Waals surface area (Å²) in [6.07, 6.45) is 1.08. The fourth-order valence-electron chi connectivity index (χ4n) is 0. The maximum atomic E-state index is 3.48. The van der Waals surface area contributed by atoms with Gasteiger partial charge in [0.15, 0.2) is 0 Å². The Morgan fingerprint density at radius 2 is 2.25 bits per heavy atom. The fraction of sp³-hybridized carbons (Fsp3) is 0.667. The molecular weight excluding hydrogens is 91.9 g/mol. The molecule has 0 spiro atoms. The van der Waals surface area contributed by atoms with Crippen LogP contribution in [0.25, 0.3) is 0 Å². The van der Waals surface area contributed by atoms with E-state index in [4.69, 9.17) is 0 Å². The van der Waals surface area contributed by atoms with Crippen LogP contribution in [-0.4, -0.2) is 4.92 Å². The molecule has 0 aromatic carbocycles. The Bertz CT molecular complexity index is 17.2. The average Bonchev–Trinajstić information content (AvgIpc) is 1.37. The third-order valence-electron chi connectivity index (χ3n) is 0.144. The predicted octanol–water partition coefficient (Wildman–Crippen LogP) is 0.745. The van der Waals surface area contributed by atoms with Gasteiger partial charge in [0.25, 0.3) is 0 Å².